The number of nitrogens with zero attached hydrogens (tertiary/aromatic N) is 2. The van der Waals surface area contributed by atoms with Crippen molar-refractivity contribution in [3.8, 4) is 0 Å². The zero-order valence-corrected chi connectivity index (χ0v) is 13.6. The lowest BCUT2D eigenvalue weighted by molar-refractivity contribution is 0.716. The predicted molar refractivity (Wildman–Crippen MR) is 88.3 cm³/mol. The van der Waals surface area contributed by atoms with Gasteiger partial charge in [-0.1, -0.05) is 26.1 Å². The molecule has 104 valence electrons. The summed E-state index contributed by atoms with van der Waals surface area (Å²) >= 11 is 7.24. The van der Waals surface area contributed by atoms with Gasteiger partial charge in [-0.15, -0.1) is 0 Å². The minimum absolute atomic E-state index is 0.443. The lowest BCUT2D eigenvalue weighted by Crippen LogP contribution is -2.42. The van der Waals surface area contributed by atoms with Crippen molar-refractivity contribution < 1.29 is 0 Å². The molecule has 2 atom stereocenters. The average molecular weight is 295 g/mol. The van der Waals surface area contributed by atoms with Crippen LogP contribution in [-0.2, 0) is 0 Å². The Hall–Kier alpha value is -0.810. The number of rotatable bonds is 2. The number of anilines is 1. The molecule has 2 heterocycles. The second-order valence-corrected chi connectivity index (χ2v) is 7.63. The van der Waals surface area contributed by atoms with Crippen LogP contribution >= 0.6 is 24.0 Å². The van der Waals surface area contributed by atoms with E-state index in [1.165, 1.54) is 0 Å². The van der Waals surface area contributed by atoms with Gasteiger partial charge in [0.1, 0.15) is 10.8 Å². The fourth-order valence-corrected chi connectivity index (χ4v) is 4.28. The van der Waals surface area contributed by atoms with Crippen LogP contribution in [0.4, 0.5) is 5.82 Å². The summed E-state index contributed by atoms with van der Waals surface area (Å²) in [5, 5.41) is 1.20. The quantitative estimate of drug-likeness (QED) is 0.850. The first-order chi connectivity index (χ1) is 8.88. The second-order valence-electron chi connectivity index (χ2n) is 5.31. The van der Waals surface area contributed by atoms with E-state index in [-0.39, 0.29) is 0 Å². The number of thioether (sulfide) groups is 1. The molecule has 0 amide bonds. The summed E-state index contributed by atoms with van der Waals surface area (Å²) in [6.45, 7) is 10.6. The van der Waals surface area contributed by atoms with E-state index < -0.39 is 0 Å². The molecule has 1 aliphatic heterocycles. The third kappa shape index (κ3) is 3.20. The van der Waals surface area contributed by atoms with E-state index in [4.69, 9.17) is 22.9 Å². The van der Waals surface area contributed by atoms with Crippen LogP contribution < -0.4 is 10.6 Å². The van der Waals surface area contributed by atoms with Crippen molar-refractivity contribution in [3.63, 3.8) is 0 Å². The van der Waals surface area contributed by atoms with Gasteiger partial charge < -0.3 is 10.6 Å². The molecule has 2 N–H and O–H groups in total. The molecular weight excluding hydrogens is 274 g/mol. The fourth-order valence-electron chi connectivity index (χ4n) is 2.70. The van der Waals surface area contributed by atoms with Crippen LogP contribution in [0.2, 0.25) is 0 Å². The van der Waals surface area contributed by atoms with E-state index in [1.54, 1.807) is 0 Å². The molecular formula is C14H21N3S2. The lowest BCUT2D eigenvalue weighted by atomic mass is 10.1. The third-order valence-electron chi connectivity index (χ3n) is 3.29. The Morgan fingerprint density at radius 2 is 1.95 bits per heavy atom. The zero-order valence-electron chi connectivity index (χ0n) is 11.9. The molecule has 1 aromatic rings. The summed E-state index contributed by atoms with van der Waals surface area (Å²) < 4.78 is 0. The van der Waals surface area contributed by atoms with Gasteiger partial charge in [0, 0.05) is 29.3 Å². The van der Waals surface area contributed by atoms with Gasteiger partial charge in [0.05, 0.1) is 5.56 Å². The number of aromatic nitrogens is 1. The van der Waals surface area contributed by atoms with Crippen molar-refractivity contribution >= 4 is 34.8 Å². The van der Waals surface area contributed by atoms with Crippen LogP contribution in [0.15, 0.2) is 6.07 Å². The lowest BCUT2D eigenvalue weighted by Gasteiger charge is -2.36. The molecule has 2 rings (SSSR count). The smallest absolute Gasteiger partial charge is 0.139 e. The van der Waals surface area contributed by atoms with Gasteiger partial charge in [-0.05, 0) is 25.5 Å². The van der Waals surface area contributed by atoms with E-state index in [0.717, 1.165) is 35.7 Å². The molecule has 1 aliphatic rings. The molecule has 5 heteroatoms. The monoisotopic (exact) mass is 295 g/mol. The molecule has 0 radical (unpaired) electrons. The summed E-state index contributed by atoms with van der Waals surface area (Å²) in [4.78, 5) is 7.47. The van der Waals surface area contributed by atoms with Gasteiger partial charge in [0.2, 0.25) is 0 Å². The van der Waals surface area contributed by atoms with E-state index in [2.05, 4.69) is 25.7 Å². The Balaban J connectivity index is 2.45. The predicted octanol–water partition coefficient (Wildman–Crippen LogP) is 2.66. The Labute approximate surface area is 125 Å². The Morgan fingerprint density at radius 1 is 1.37 bits per heavy atom. The van der Waals surface area contributed by atoms with Crippen molar-refractivity contribution in [2.24, 2.45) is 5.73 Å². The molecule has 19 heavy (non-hydrogen) atoms. The number of hydrogen-bond acceptors (Lipinski definition) is 4. The van der Waals surface area contributed by atoms with Crippen LogP contribution in [0.3, 0.4) is 0 Å². The van der Waals surface area contributed by atoms with Crippen LogP contribution in [0.25, 0.3) is 0 Å². The van der Waals surface area contributed by atoms with Crippen LogP contribution in [0.1, 0.15) is 30.7 Å². The first kappa shape index (κ1) is 14.6. The highest BCUT2D eigenvalue weighted by Crippen LogP contribution is 2.30. The van der Waals surface area contributed by atoms with E-state index in [0.29, 0.717) is 15.5 Å². The molecule has 0 saturated carbocycles. The SMILES string of the molecule is Cc1cc(C)c(C(N)=S)c(N2CC(C)SC(C)C2)n1. The Bertz CT molecular complexity index is 492. The summed E-state index contributed by atoms with van der Waals surface area (Å²) in [6.07, 6.45) is 0. The Morgan fingerprint density at radius 3 is 2.47 bits per heavy atom. The number of nitrogens with two attached hydrogens (primary N) is 1. The average Bonchev–Trinajstić information content (AvgIpc) is 2.25. The fraction of sp³-hybridized carbons (Fsp3) is 0.571. The number of hydrogen-bond donors (Lipinski definition) is 1. The molecule has 0 bridgehead atoms. The maximum absolute atomic E-state index is 5.90. The van der Waals surface area contributed by atoms with Crippen molar-refractivity contribution in [3.05, 3.63) is 22.9 Å². The van der Waals surface area contributed by atoms with E-state index in [1.807, 2.05) is 24.8 Å². The molecule has 1 aromatic heterocycles. The van der Waals surface area contributed by atoms with Crippen LogP contribution in [0.5, 0.6) is 0 Å². The van der Waals surface area contributed by atoms with Gasteiger partial charge in [-0.3, -0.25) is 0 Å². The normalized spacial score (nSPS) is 23.5. The first-order valence-corrected chi connectivity index (χ1v) is 7.92. The highest BCUT2D eigenvalue weighted by Gasteiger charge is 2.26. The number of aryl methyl sites for hydroxylation is 2. The second kappa shape index (κ2) is 5.67. The Kier molecular flexibility index (Phi) is 4.36. The van der Waals surface area contributed by atoms with Gasteiger partial charge in [-0.25, -0.2) is 4.98 Å². The molecule has 1 saturated heterocycles. The van der Waals surface area contributed by atoms with E-state index in [9.17, 15) is 0 Å². The minimum atomic E-state index is 0.443. The van der Waals surface area contributed by atoms with Gasteiger partial charge in [0.15, 0.2) is 0 Å². The highest BCUT2D eigenvalue weighted by atomic mass is 32.2. The first-order valence-electron chi connectivity index (χ1n) is 6.57. The summed E-state index contributed by atoms with van der Waals surface area (Å²) in [5.41, 5.74) is 8.98. The molecule has 0 spiro atoms. The maximum atomic E-state index is 5.90. The molecule has 2 unspecified atom stereocenters. The minimum Gasteiger partial charge on any atom is -0.389 e. The van der Waals surface area contributed by atoms with Crippen molar-refractivity contribution in [2.75, 3.05) is 18.0 Å². The van der Waals surface area contributed by atoms with Gasteiger partial charge in [0.25, 0.3) is 0 Å². The standard InChI is InChI=1S/C14H21N3S2/c1-8-5-9(2)16-14(12(8)13(15)18)17-6-10(3)19-11(4)7-17/h5,10-11H,6-7H2,1-4H3,(H2,15,18). The molecule has 0 aromatic carbocycles. The third-order valence-corrected chi connectivity index (χ3v) is 4.72. The van der Waals surface area contributed by atoms with Crippen LogP contribution in [0, 0.1) is 13.8 Å². The summed E-state index contributed by atoms with van der Waals surface area (Å²) in [5.74, 6) is 0.962. The van der Waals surface area contributed by atoms with Gasteiger partial charge >= 0.3 is 0 Å². The van der Waals surface area contributed by atoms with Crippen molar-refractivity contribution in [1.82, 2.24) is 4.98 Å². The van der Waals surface area contributed by atoms with E-state index >= 15 is 0 Å². The highest BCUT2D eigenvalue weighted by molar-refractivity contribution is 8.00. The van der Waals surface area contributed by atoms with Crippen molar-refractivity contribution in [2.45, 2.75) is 38.2 Å². The van der Waals surface area contributed by atoms with Crippen molar-refractivity contribution in [1.29, 1.82) is 0 Å². The van der Waals surface area contributed by atoms with Gasteiger partial charge in [-0.2, -0.15) is 11.8 Å². The molecule has 3 nitrogen and oxygen atoms in total. The topological polar surface area (TPSA) is 42.1 Å². The number of pyridine rings is 1. The van der Waals surface area contributed by atoms with Crippen LogP contribution in [-0.4, -0.2) is 33.6 Å². The maximum Gasteiger partial charge on any atom is 0.139 e. The molecule has 0 aliphatic carbocycles. The zero-order chi connectivity index (χ0) is 14.2. The summed E-state index contributed by atoms with van der Waals surface area (Å²) in [7, 11) is 0. The largest absolute Gasteiger partial charge is 0.389 e. The summed E-state index contributed by atoms with van der Waals surface area (Å²) in [6, 6.07) is 2.05. The molecule has 1 fully saturated rings. The number of thiocarbonyl (C=S) groups is 1.